The first-order valence-corrected chi connectivity index (χ1v) is 13.4. The molecule has 182 valence electrons. The van der Waals surface area contributed by atoms with Crippen molar-refractivity contribution in [1.29, 1.82) is 0 Å². The van der Waals surface area contributed by atoms with Crippen LogP contribution in [0.4, 0.5) is 16.3 Å². The Kier molecular flexibility index (Phi) is 5.76. The number of anilines is 2. The smallest absolute Gasteiger partial charge is 0.318 e. The second-order valence-corrected chi connectivity index (χ2v) is 12.1. The van der Waals surface area contributed by atoms with Crippen LogP contribution in [-0.2, 0) is 19.3 Å². The molecule has 2 atom stereocenters. The molecule has 2 aromatic rings. The lowest BCUT2D eigenvalue weighted by Crippen LogP contribution is -2.50. The predicted octanol–water partition coefficient (Wildman–Crippen LogP) is 3.07. The minimum absolute atomic E-state index is 0.105. The molecule has 1 aliphatic heterocycles. The second kappa shape index (κ2) is 8.49. The molecule has 0 bridgehead atoms. The highest BCUT2D eigenvalue weighted by atomic mass is 32.2. The van der Waals surface area contributed by atoms with Crippen molar-refractivity contribution in [3.05, 3.63) is 36.0 Å². The Bertz CT molecular complexity index is 1180. The maximum atomic E-state index is 13.4. The lowest BCUT2D eigenvalue weighted by molar-refractivity contribution is 0.0752. The van der Waals surface area contributed by atoms with Crippen LogP contribution in [0.3, 0.4) is 0 Å². The van der Waals surface area contributed by atoms with Crippen LogP contribution in [0.25, 0.3) is 11.4 Å². The van der Waals surface area contributed by atoms with Gasteiger partial charge in [0, 0.05) is 24.4 Å². The molecular weight excluding hydrogens is 454 g/mol. The Hall–Kier alpha value is -2.72. The minimum Gasteiger partial charge on any atom is -0.377 e. The number of carbonyl (C=O) groups is 1. The van der Waals surface area contributed by atoms with E-state index in [0.717, 1.165) is 24.2 Å². The number of rotatable bonds is 6. The van der Waals surface area contributed by atoms with Crippen LogP contribution in [0.1, 0.15) is 45.2 Å². The predicted molar refractivity (Wildman–Crippen MR) is 131 cm³/mol. The van der Waals surface area contributed by atoms with Gasteiger partial charge in [-0.25, -0.2) is 23.2 Å². The molecule has 5 rings (SSSR count). The van der Waals surface area contributed by atoms with Crippen LogP contribution in [0.5, 0.6) is 0 Å². The molecular formula is C24H31N5O4S. The number of nitrogens with one attached hydrogen (secondary N) is 2. The molecule has 0 spiro atoms. The summed E-state index contributed by atoms with van der Waals surface area (Å²) < 4.78 is 31.5. The number of ether oxygens (including phenoxy) is 1. The minimum atomic E-state index is -3.29. The average molecular weight is 486 g/mol. The van der Waals surface area contributed by atoms with Gasteiger partial charge in [-0.3, -0.25) is 0 Å². The van der Waals surface area contributed by atoms with Crippen LogP contribution in [-0.4, -0.2) is 62.0 Å². The van der Waals surface area contributed by atoms with Crippen molar-refractivity contribution in [1.82, 2.24) is 15.3 Å². The third-order valence-corrected chi connectivity index (χ3v) is 10.0. The molecule has 34 heavy (non-hydrogen) atoms. The zero-order valence-electron chi connectivity index (χ0n) is 19.7. The van der Waals surface area contributed by atoms with Crippen LogP contribution < -0.4 is 15.5 Å². The highest BCUT2D eigenvalue weighted by Crippen LogP contribution is 2.57. The van der Waals surface area contributed by atoms with Crippen LogP contribution in [0.2, 0.25) is 0 Å². The van der Waals surface area contributed by atoms with Crippen molar-refractivity contribution in [2.24, 2.45) is 0 Å². The molecule has 10 heteroatoms. The van der Waals surface area contributed by atoms with Gasteiger partial charge in [-0.1, -0.05) is 0 Å². The van der Waals surface area contributed by atoms with Gasteiger partial charge in [-0.15, -0.1) is 0 Å². The molecule has 1 aromatic heterocycles. The number of aromatic nitrogens is 2. The molecule has 1 aromatic carbocycles. The van der Waals surface area contributed by atoms with Crippen molar-refractivity contribution < 1.29 is 17.9 Å². The highest BCUT2D eigenvalue weighted by molar-refractivity contribution is 7.93. The third kappa shape index (κ3) is 4.02. The maximum Gasteiger partial charge on any atom is 0.318 e. The highest BCUT2D eigenvalue weighted by Gasteiger charge is 2.61. The zero-order valence-corrected chi connectivity index (χ0v) is 20.6. The van der Waals surface area contributed by atoms with Crippen LogP contribution >= 0.6 is 0 Å². The third-order valence-electron chi connectivity index (χ3n) is 6.95. The number of hydrogen-bond donors (Lipinski definition) is 2. The summed E-state index contributed by atoms with van der Waals surface area (Å²) >= 11 is 0. The summed E-state index contributed by atoms with van der Waals surface area (Å²) in [4.78, 5) is 23.5. The average Bonchev–Trinajstić information content (AvgIpc) is 3.71. The Balaban J connectivity index is 1.58. The normalized spacial score (nSPS) is 23.9. The van der Waals surface area contributed by atoms with E-state index in [1.54, 1.807) is 19.2 Å². The second-order valence-electron chi connectivity index (χ2n) is 9.60. The molecule has 0 unspecified atom stereocenters. The first-order valence-electron chi connectivity index (χ1n) is 11.8. The van der Waals surface area contributed by atoms with Crippen molar-refractivity contribution in [2.75, 3.05) is 30.5 Å². The topological polar surface area (TPSA) is 114 Å². The number of morpholine rings is 1. The monoisotopic (exact) mass is 485 g/mol. The SMILES string of the molecule is CNC(=O)Nc1ccc(-c2nc(N3[C@@H](C)COC[C@@H]3C)cc(C3(S(=O)(=O)C4CC4)CC3)n2)cc1. The number of amides is 2. The van der Waals surface area contributed by atoms with E-state index in [1.807, 2.05) is 18.2 Å². The summed E-state index contributed by atoms with van der Waals surface area (Å²) in [6.45, 7) is 5.35. The van der Waals surface area contributed by atoms with Crippen molar-refractivity contribution >= 4 is 27.4 Å². The van der Waals surface area contributed by atoms with E-state index >= 15 is 0 Å². The van der Waals surface area contributed by atoms with Gasteiger partial charge >= 0.3 is 6.03 Å². The number of benzene rings is 1. The molecule has 3 fully saturated rings. The van der Waals surface area contributed by atoms with E-state index in [2.05, 4.69) is 29.4 Å². The zero-order chi connectivity index (χ0) is 24.1. The molecule has 2 saturated carbocycles. The van der Waals surface area contributed by atoms with Crippen LogP contribution in [0.15, 0.2) is 30.3 Å². The fraction of sp³-hybridized carbons (Fsp3) is 0.542. The van der Waals surface area contributed by atoms with Crippen molar-refractivity contribution in [3.63, 3.8) is 0 Å². The van der Waals surface area contributed by atoms with Crippen molar-refractivity contribution in [2.45, 2.75) is 61.6 Å². The quantitative estimate of drug-likeness (QED) is 0.646. The van der Waals surface area contributed by atoms with Gasteiger partial charge in [0.15, 0.2) is 15.7 Å². The van der Waals surface area contributed by atoms with E-state index in [9.17, 15) is 13.2 Å². The summed E-state index contributed by atoms with van der Waals surface area (Å²) in [6.07, 6.45) is 2.69. The fourth-order valence-electron chi connectivity index (χ4n) is 4.78. The van der Waals surface area contributed by atoms with E-state index in [-0.39, 0.29) is 23.4 Å². The number of nitrogens with zero attached hydrogens (tertiary/aromatic N) is 3. The summed E-state index contributed by atoms with van der Waals surface area (Å²) in [6, 6.07) is 9.05. The molecule has 2 aliphatic carbocycles. The van der Waals surface area contributed by atoms with Gasteiger partial charge in [-0.2, -0.15) is 0 Å². The molecule has 9 nitrogen and oxygen atoms in total. The van der Waals surface area contributed by atoms with Crippen LogP contribution in [0, 0.1) is 0 Å². The maximum absolute atomic E-state index is 13.4. The fourth-order valence-corrected chi connectivity index (χ4v) is 7.24. The van der Waals surface area contributed by atoms with E-state index in [0.29, 0.717) is 43.3 Å². The Labute approximate surface area is 200 Å². The summed E-state index contributed by atoms with van der Waals surface area (Å²) in [7, 11) is -1.73. The first-order chi connectivity index (χ1) is 16.2. The number of hydrogen-bond acceptors (Lipinski definition) is 7. The molecule has 2 N–H and O–H groups in total. The lowest BCUT2D eigenvalue weighted by Gasteiger charge is -2.40. The van der Waals surface area contributed by atoms with Gasteiger partial charge in [0.25, 0.3) is 0 Å². The van der Waals surface area contributed by atoms with E-state index < -0.39 is 14.6 Å². The van der Waals surface area contributed by atoms with Crippen molar-refractivity contribution in [3.8, 4) is 11.4 Å². The number of sulfone groups is 1. The molecule has 3 aliphatic rings. The molecule has 2 heterocycles. The van der Waals surface area contributed by atoms with Gasteiger partial charge in [-0.05, 0) is 63.8 Å². The van der Waals surface area contributed by atoms with E-state index in [1.165, 1.54) is 0 Å². The van der Waals surface area contributed by atoms with Gasteiger partial charge in [0.05, 0.1) is 36.2 Å². The number of carbonyl (C=O) groups excluding carboxylic acids is 1. The summed E-state index contributed by atoms with van der Waals surface area (Å²) in [5.41, 5.74) is 2.00. The largest absolute Gasteiger partial charge is 0.377 e. The van der Waals surface area contributed by atoms with Gasteiger partial charge in [0.1, 0.15) is 10.6 Å². The molecule has 2 amide bonds. The molecule has 0 radical (unpaired) electrons. The summed E-state index contributed by atoms with van der Waals surface area (Å²) in [5, 5.41) is 5.02. The van der Waals surface area contributed by atoms with Gasteiger partial charge in [0.2, 0.25) is 0 Å². The Morgan fingerprint density at radius 1 is 1.09 bits per heavy atom. The first kappa shape index (κ1) is 23.0. The molecule has 1 saturated heterocycles. The lowest BCUT2D eigenvalue weighted by atomic mass is 10.1. The van der Waals surface area contributed by atoms with E-state index in [4.69, 9.17) is 14.7 Å². The Morgan fingerprint density at radius 2 is 1.74 bits per heavy atom. The van der Waals surface area contributed by atoms with Gasteiger partial charge < -0.3 is 20.3 Å². The number of urea groups is 1. The standard InChI is InChI=1S/C24H31N5O4S/c1-15-13-33-14-16(2)29(15)21-12-20(24(10-11-24)34(31,32)19-8-9-19)27-22(28-21)17-4-6-18(7-5-17)26-23(30)25-3/h4-7,12,15-16,19H,8-11,13-14H2,1-3H3,(H2,25,26,30)/t15-,16-/m0/s1. The summed E-state index contributed by atoms with van der Waals surface area (Å²) in [5.74, 6) is 1.22. The Morgan fingerprint density at radius 3 is 2.29 bits per heavy atom.